The van der Waals surface area contributed by atoms with Gasteiger partial charge in [-0.2, -0.15) is 0 Å². The van der Waals surface area contributed by atoms with Crippen LogP contribution in [0.4, 0.5) is 0 Å². The summed E-state index contributed by atoms with van der Waals surface area (Å²) in [7, 11) is 2.18. The molecule has 2 nitrogen and oxygen atoms in total. The number of halogens is 1. The molecule has 0 saturated heterocycles. The molecule has 1 heterocycles. The van der Waals surface area contributed by atoms with Gasteiger partial charge in [0.2, 0.25) is 0 Å². The van der Waals surface area contributed by atoms with E-state index in [4.69, 9.17) is 0 Å². The molecule has 1 aromatic heterocycles. The van der Waals surface area contributed by atoms with Gasteiger partial charge in [-0.25, -0.2) is 0 Å². The van der Waals surface area contributed by atoms with Crippen LogP contribution < -0.4 is 5.32 Å². The maximum Gasteiger partial charge on any atom is 0.0328 e. The fourth-order valence-corrected chi connectivity index (χ4v) is 2.96. The molecule has 0 aromatic carbocycles. The van der Waals surface area contributed by atoms with E-state index in [1.807, 2.05) is 11.3 Å². The first-order chi connectivity index (χ1) is 7.78. The summed E-state index contributed by atoms with van der Waals surface area (Å²) in [6.07, 6.45) is 0. The van der Waals surface area contributed by atoms with Crippen LogP contribution in [0.5, 0.6) is 0 Å². The van der Waals surface area contributed by atoms with Crippen molar-refractivity contribution in [2.24, 2.45) is 0 Å². The first-order valence-electron chi connectivity index (χ1n) is 5.96. The average Bonchev–Trinajstić information content (AvgIpc) is 2.59. The second kappa shape index (κ2) is 6.32. The molecule has 0 radical (unpaired) electrons. The first kappa shape index (κ1) is 15.2. The molecule has 0 bridgehead atoms. The molecule has 98 valence electrons. The zero-order valence-corrected chi connectivity index (χ0v) is 13.8. The van der Waals surface area contributed by atoms with Gasteiger partial charge in [-0.3, -0.25) is 4.90 Å². The van der Waals surface area contributed by atoms with Crippen molar-refractivity contribution in [3.05, 3.63) is 20.8 Å². The average molecular weight is 319 g/mol. The minimum absolute atomic E-state index is 0.195. The lowest BCUT2D eigenvalue weighted by atomic mass is 10.1. The van der Waals surface area contributed by atoms with Crippen molar-refractivity contribution >= 4 is 27.3 Å². The van der Waals surface area contributed by atoms with Crippen LogP contribution in [0.15, 0.2) is 15.9 Å². The summed E-state index contributed by atoms with van der Waals surface area (Å²) in [6, 6.07) is 2.74. The third kappa shape index (κ3) is 6.00. The number of hydrogen-bond donors (Lipinski definition) is 1. The second-order valence-electron chi connectivity index (χ2n) is 5.63. The predicted octanol–water partition coefficient (Wildman–Crippen LogP) is 3.72. The number of likely N-dealkylation sites (N-methyl/N-ethyl adjacent to an activating group) is 1. The molecule has 1 rings (SSSR count). The fraction of sp³-hybridized carbons (Fsp3) is 0.692. The number of nitrogens with zero attached hydrogens (tertiary/aromatic N) is 1. The highest BCUT2D eigenvalue weighted by molar-refractivity contribution is 9.10. The van der Waals surface area contributed by atoms with Gasteiger partial charge in [-0.15, -0.1) is 11.3 Å². The van der Waals surface area contributed by atoms with Crippen molar-refractivity contribution in [3.63, 3.8) is 0 Å². The van der Waals surface area contributed by atoms with E-state index in [1.165, 1.54) is 9.35 Å². The topological polar surface area (TPSA) is 15.3 Å². The number of hydrogen-bond acceptors (Lipinski definition) is 3. The lowest BCUT2D eigenvalue weighted by Gasteiger charge is -2.28. The Kier molecular flexibility index (Phi) is 5.64. The van der Waals surface area contributed by atoms with Crippen LogP contribution in [0.3, 0.4) is 0 Å². The van der Waals surface area contributed by atoms with E-state index >= 15 is 0 Å². The smallest absolute Gasteiger partial charge is 0.0328 e. The van der Waals surface area contributed by atoms with Gasteiger partial charge in [-0.05, 0) is 56.7 Å². The van der Waals surface area contributed by atoms with E-state index < -0.39 is 0 Å². The van der Waals surface area contributed by atoms with Gasteiger partial charge < -0.3 is 5.32 Å². The van der Waals surface area contributed by atoms with Crippen LogP contribution >= 0.6 is 27.3 Å². The number of thiophene rings is 1. The molecule has 0 aliphatic rings. The van der Waals surface area contributed by atoms with Gasteiger partial charge >= 0.3 is 0 Å². The van der Waals surface area contributed by atoms with Gasteiger partial charge in [0.05, 0.1) is 0 Å². The molecule has 1 N–H and O–H groups in total. The van der Waals surface area contributed by atoms with Gasteiger partial charge in [-0.1, -0.05) is 0 Å². The van der Waals surface area contributed by atoms with Crippen LogP contribution in [-0.4, -0.2) is 30.1 Å². The highest BCUT2D eigenvalue weighted by Gasteiger charge is 2.14. The van der Waals surface area contributed by atoms with E-state index in [1.54, 1.807) is 0 Å². The molecule has 1 atom stereocenters. The zero-order valence-electron chi connectivity index (χ0n) is 11.4. The molecular weight excluding hydrogens is 296 g/mol. The largest absolute Gasteiger partial charge is 0.311 e. The monoisotopic (exact) mass is 318 g/mol. The van der Waals surface area contributed by atoms with Crippen molar-refractivity contribution in [3.8, 4) is 0 Å². The molecule has 17 heavy (non-hydrogen) atoms. The van der Waals surface area contributed by atoms with Crippen molar-refractivity contribution < 1.29 is 0 Å². The Hall–Kier alpha value is 0.1000. The fourth-order valence-electron chi connectivity index (χ4n) is 1.45. The van der Waals surface area contributed by atoms with Gasteiger partial charge in [0.1, 0.15) is 0 Å². The van der Waals surface area contributed by atoms with Crippen molar-refractivity contribution in [2.45, 2.75) is 45.8 Å². The van der Waals surface area contributed by atoms with Crippen LogP contribution in [0, 0.1) is 0 Å². The predicted molar refractivity (Wildman–Crippen MR) is 80.7 cm³/mol. The maximum absolute atomic E-state index is 3.55. The van der Waals surface area contributed by atoms with Crippen LogP contribution in [0.2, 0.25) is 0 Å². The Labute approximate surface area is 118 Å². The maximum atomic E-state index is 3.55. The minimum atomic E-state index is 0.195. The summed E-state index contributed by atoms with van der Waals surface area (Å²) in [5.74, 6) is 0. The third-order valence-corrected chi connectivity index (χ3v) is 4.39. The standard InChI is InChI=1S/C13H23BrN2S/c1-10(7-15-13(2,3)4)16(5)8-12-6-11(14)9-17-12/h6,9-10,15H,7-8H2,1-5H3. The molecular formula is C13H23BrN2S. The van der Waals surface area contributed by atoms with Crippen LogP contribution in [0.1, 0.15) is 32.6 Å². The number of rotatable bonds is 5. The summed E-state index contributed by atoms with van der Waals surface area (Å²) in [5, 5.41) is 5.69. The van der Waals surface area contributed by atoms with E-state index in [0.717, 1.165) is 13.1 Å². The summed E-state index contributed by atoms with van der Waals surface area (Å²) >= 11 is 5.31. The Morgan fingerprint density at radius 3 is 2.59 bits per heavy atom. The Morgan fingerprint density at radius 2 is 2.12 bits per heavy atom. The normalized spacial score (nSPS) is 14.3. The summed E-state index contributed by atoms with van der Waals surface area (Å²) in [5.41, 5.74) is 0.195. The Bertz CT molecular complexity index is 343. The van der Waals surface area contributed by atoms with E-state index in [2.05, 4.69) is 72.3 Å². The highest BCUT2D eigenvalue weighted by Crippen LogP contribution is 2.21. The molecule has 0 amide bonds. The molecule has 0 spiro atoms. The second-order valence-corrected chi connectivity index (χ2v) is 7.54. The molecule has 0 saturated carbocycles. The van der Waals surface area contributed by atoms with Crippen LogP contribution in [-0.2, 0) is 6.54 Å². The zero-order chi connectivity index (χ0) is 13.1. The van der Waals surface area contributed by atoms with E-state index in [0.29, 0.717) is 6.04 Å². The van der Waals surface area contributed by atoms with Crippen molar-refractivity contribution in [1.82, 2.24) is 10.2 Å². The molecule has 4 heteroatoms. The minimum Gasteiger partial charge on any atom is -0.311 e. The Morgan fingerprint density at radius 1 is 1.47 bits per heavy atom. The van der Waals surface area contributed by atoms with E-state index in [-0.39, 0.29) is 5.54 Å². The number of nitrogens with one attached hydrogen (secondary N) is 1. The molecule has 1 aromatic rings. The summed E-state index contributed by atoms with van der Waals surface area (Å²) in [6.45, 7) is 10.9. The lowest BCUT2D eigenvalue weighted by molar-refractivity contribution is 0.230. The highest BCUT2D eigenvalue weighted by atomic mass is 79.9. The quantitative estimate of drug-likeness (QED) is 0.890. The van der Waals surface area contributed by atoms with E-state index in [9.17, 15) is 0 Å². The lowest BCUT2D eigenvalue weighted by Crippen LogP contribution is -2.44. The van der Waals surface area contributed by atoms with Crippen LogP contribution in [0.25, 0.3) is 0 Å². The molecule has 0 aliphatic heterocycles. The first-order valence-corrected chi connectivity index (χ1v) is 7.63. The summed E-state index contributed by atoms with van der Waals surface area (Å²) in [4.78, 5) is 3.79. The van der Waals surface area contributed by atoms with Gasteiger partial charge in [0.15, 0.2) is 0 Å². The molecule has 0 aliphatic carbocycles. The molecule has 0 fully saturated rings. The van der Waals surface area contributed by atoms with Gasteiger partial charge in [0.25, 0.3) is 0 Å². The molecule has 1 unspecified atom stereocenters. The van der Waals surface area contributed by atoms with Crippen molar-refractivity contribution in [1.29, 1.82) is 0 Å². The summed E-state index contributed by atoms with van der Waals surface area (Å²) < 4.78 is 1.19. The van der Waals surface area contributed by atoms with Gasteiger partial charge in [0, 0.05) is 39.4 Å². The SMILES string of the molecule is CC(CNC(C)(C)C)N(C)Cc1cc(Br)cs1. The Balaban J connectivity index is 2.39. The third-order valence-electron chi connectivity index (χ3n) is 2.71. The van der Waals surface area contributed by atoms with Crippen molar-refractivity contribution in [2.75, 3.05) is 13.6 Å².